The van der Waals surface area contributed by atoms with Crippen molar-refractivity contribution in [3.8, 4) is 17.2 Å². The molecule has 150 valence electrons. The quantitative estimate of drug-likeness (QED) is 0.588. The average Bonchev–Trinajstić information content (AvgIpc) is 3.05. The third kappa shape index (κ3) is 4.16. The van der Waals surface area contributed by atoms with Gasteiger partial charge in [-0.05, 0) is 84.1 Å². The zero-order chi connectivity index (χ0) is 21.1. The van der Waals surface area contributed by atoms with Crippen LogP contribution >= 0.6 is 11.8 Å². The van der Waals surface area contributed by atoms with E-state index < -0.39 is 0 Å². The summed E-state index contributed by atoms with van der Waals surface area (Å²) in [6.45, 7) is 0. The molecule has 1 aliphatic rings. The summed E-state index contributed by atoms with van der Waals surface area (Å²) < 4.78 is 5.18. The predicted octanol–water partition coefficient (Wildman–Crippen LogP) is 4.92. The van der Waals surface area contributed by atoms with E-state index in [2.05, 4.69) is 4.99 Å². The fourth-order valence-electron chi connectivity index (χ4n) is 2.87. The third-order valence-electron chi connectivity index (χ3n) is 4.40. The molecule has 7 heteroatoms. The average molecular weight is 418 g/mol. The van der Waals surface area contributed by atoms with Gasteiger partial charge in [-0.25, -0.2) is 4.99 Å². The molecule has 3 aromatic rings. The van der Waals surface area contributed by atoms with Gasteiger partial charge in [0.1, 0.15) is 17.2 Å². The van der Waals surface area contributed by atoms with E-state index in [9.17, 15) is 15.0 Å². The van der Waals surface area contributed by atoms with Crippen molar-refractivity contribution in [3.63, 3.8) is 0 Å². The zero-order valence-corrected chi connectivity index (χ0v) is 16.8. The van der Waals surface area contributed by atoms with Crippen LogP contribution < -0.4 is 9.64 Å². The van der Waals surface area contributed by atoms with E-state index in [1.165, 1.54) is 28.8 Å². The molecular formula is C23H18N2O4S. The lowest BCUT2D eigenvalue weighted by atomic mass is 10.2. The van der Waals surface area contributed by atoms with Crippen molar-refractivity contribution in [2.45, 2.75) is 0 Å². The molecule has 1 fully saturated rings. The molecule has 0 aliphatic carbocycles. The highest BCUT2D eigenvalue weighted by Gasteiger charge is 2.34. The molecule has 2 N–H and O–H groups in total. The summed E-state index contributed by atoms with van der Waals surface area (Å²) in [4.78, 5) is 19.8. The number of amidine groups is 1. The van der Waals surface area contributed by atoms with E-state index in [0.29, 0.717) is 21.4 Å². The van der Waals surface area contributed by atoms with E-state index in [4.69, 9.17) is 4.74 Å². The Kier molecular flexibility index (Phi) is 5.45. The third-order valence-corrected chi connectivity index (χ3v) is 5.37. The molecule has 0 saturated carbocycles. The Morgan fingerprint density at radius 2 is 1.50 bits per heavy atom. The monoisotopic (exact) mass is 418 g/mol. The number of rotatable bonds is 4. The molecule has 0 spiro atoms. The summed E-state index contributed by atoms with van der Waals surface area (Å²) in [5.41, 5.74) is 2.07. The number of benzene rings is 3. The number of aromatic hydroxyl groups is 2. The minimum absolute atomic E-state index is 0.115. The highest BCUT2D eigenvalue weighted by molar-refractivity contribution is 8.19. The smallest absolute Gasteiger partial charge is 0.271 e. The van der Waals surface area contributed by atoms with Crippen molar-refractivity contribution < 1.29 is 19.7 Å². The highest BCUT2D eigenvalue weighted by atomic mass is 32.2. The van der Waals surface area contributed by atoms with Crippen molar-refractivity contribution in [1.82, 2.24) is 0 Å². The minimum atomic E-state index is -0.209. The Morgan fingerprint density at radius 1 is 0.900 bits per heavy atom. The van der Waals surface area contributed by atoms with E-state index in [-0.39, 0.29) is 17.4 Å². The van der Waals surface area contributed by atoms with Crippen molar-refractivity contribution in [2.75, 3.05) is 12.0 Å². The molecule has 0 bridgehead atoms. The SMILES string of the molecule is COc1ccc(/C=C2/SC(=Nc3ccc(O)cc3)N(c3ccc(O)cc3)C2=O)cc1. The number of carbonyl (C=O) groups is 1. The molecule has 0 radical (unpaired) electrons. The molecule has 0 atom stereocenters. The fourth-order valence-corrected chi connectivity index (χ4v) is 3.87. The number of hydrogen-bond donors (Lipinski definition) is 2. The van der Waals surface area contributed by atoms with Crippen LogP contribution in [-0.4, -0.2) is 28.4 Å². The Bertz CT molecular complexity index is 1120. The van der Waals surface area contributed by atoms with Crippen molar-refractivity contribution >= 4 is 40.3 Å². The predicted molar refractivity (Wildman–Crippen MR) is 119 cm³/mol. The second-order valence-corrected chi connectivity index (χ2v) is 7.46. The molecule has 1 amide bonds. The first-order chi connectivity index (χ1) is 14.5. The molecule has 30 heavy (non-hydrogen) atoms. The maximum atomic E-state index is 13.2. The Labute approximate surface area is 177 Å². The summed E-state index contributed by atoms with van der Waals surface area (Å²) in [5, 5.41) is 19.6. The topological polar surface area (TPSA) is 82.4 Å². The van der Waals surface area contributed by atoms with Crippen LogP contribution in [-0.2, 0) is 4.79 Å². The van der Waals surface area contributed by atoms with Gasteiger partial charge in [-0.15, -0.1) is 0 Å². The number of methoxy groups -OCH3 is 1. The number of ether oxygens (including phenoxy) is 1. The number of carbonyl (C=O) groups excluding carboxylic acids is 1. The number of nitrogens with zero attached hydrogens (tertiary/aromatic N) is 2. The van der Waals surface area contributed by atoms with Gasteiger partial charge < -0.3 is 14.9 Å². The van der Waals surface area contributed by atoms with Gasteiger partial charge >= 0.3 is 0 Å². The lowest BCUT2D eigenvalue weighted by molar-refractivity contribution is -0.113. The summed E-state index contributed by atoms with van der Waals surface area (Å²) in [6.07, 6.45) is 1.80. The van der Waals surface area contributed by atoms with Crippen molar-refractivity contribution in [1.29, 1.82) is 0 Å². The number of anilines is 1. The van der Waals surface area contributed by atoms with Gasteiger partial charge in [0.05, 0.1) is 23.4 Å². The first-order valence-corrected chi connectivity index (χ1v) is 9.90. The van der Waals surface area contributed by atoms with Crippen LogP contribution in [0.15, 0.2) is 82.7 Å². The molecular weight excluding hydrogens is 400 g/mol. The Morgan fingerprint density at radius 3 is 2.10 bits per heavy atom. The highest BCUT2D eigenvalue weighted by Crippen LogP contribution is 2.38. The van der Waals surface area contributed by atoms with Gasteiger partial charge in [0, 0.05) is 0 Å². The van der Waals surface area contributed by atoms with E-state index in [1.807, 2.05) is 24.3 Å². The first-order valence-electron chi connectivity index (χ1n) is 9.08. The lowest BCUT2D eigenvalue weighted by Crippen LogP contribution is -2.28. The second-order valence-electron chi connectivity index (χ2n) is 6.45. The maximum absolute atomic E-state index is 13.2. The summed E-state index contributed by atoms with van der Waals surface area (Å²) in [5.74, 6) is 0.788. The van der Waals surface area contributed by atoms with Crippen LogP contribution in [0.4, 0.5) is 11.4 Å². The van der Waals surface area contributed by atoms with Gasteiger partial charge in [-0.2, -0.15) is 0 Å². The largest absolute Gasteiger partial charge is 0.508 e. The van der Waals surface area contributed by atoms with Crippen LogP contribution in [0.25, 0.3) is 6.08 Å². The van der Waals surface area contributed by atoms with Gasteiger partial charge in [0.2, 0.25) is 0 Å². The standard InChI is InChI=1S/C23H18N2O4S/c1-29-20-12-2-15(3-13-20)14-21-22(28)25(17-6-10-19(27)11-7-17)23(30-21)24-16-4-8-18(26)9-5-16/h2-14,26-27H,1H3/b21-14+,24-23?. The maximum Gasteiger partial charge on any atom is 0.271 e. The molecule has 0 unspecified atom stereocenters. The molecule has 1 aliphatic heterocycles. The van der Waals surface area contributed by atoms with Crippen LogP contribution in [0.2, 0.25) is 0 Å². The number of thioether (sulfide) groups is 1. The lowest BCUT2D eigenvalue weighted by Gasteiger charge is -2.15. The molecule has 3 aromatic carbocycles. The van der Waals surface area contributed by atoms with E-state index in [0.717, 1.165) is 11.3 Å². The zero-order valence-electron chi connectivity index (χ0n) is 16.0. The number of aliphatic imine (C=N–C) groups is 1. The summed E-state index contributed by atoms with van der Waals surface area (Å²) in [6, 6.07) is 20.2. The Hall–Kier alpha value is -3.71. The molecule has 0 aromatic heterocycles. The first kappa shape index (κ1) is 19.6. The van der Waals surface area contributed by atoms with Gasteiger partial charge in [-0.3, -0.25) is 9.69 Å². The van der Waals surface area contributed by atoms with Gasteiger partial charge in [0.25, 0.3) is 5.91 Å². The minimum Gasteiger partial charge on any atom is -0.508 e. The number of amides is 1. The van der Waals surface area contributed by atoms with Crippen molar-refractivity contribution in [2.24, 2.45) is 4.99 Å². The number of phenols is 2. The van der Waals surface area contributed by atoms with Gasteiger partial charge in [-0.1, -0.05) is 12.1 Å². The van der Waals surface area contributed by atoms with Gasteiger partial charge in [0.15, 0.2) is 5.17 Å². The normalized spacial score (nSPS) is 16.4. The van der Waals surface area contributed by atoms with E-state index in [1.54, 1.807) is 49.6 Å². The molecule has 1 saturated heterocycles. The van der Waals surface area contributed by atoms with Crippen LogP contribution in [0, 0.1) is 0 Å². The van der Waals surface area contributed by atoms with Crippen LogP contribution in [0.1, 0.15) is 5.56 Å². The molecule has 4 rings (SSSR count). The summed E-state index contributed by atoms with van der Waals surface area (Å²) >= 11 is 1.26. The van der Waals surface area contributed by atoms with Crippen molar-refractivity contribution in [3.05, 3.63) is 83.3 Å². The molecule has 1 heterocycles. The van der Waals surface area contributed by atoms with Crippen LogP contribution in [0.5, 0.6) is 17.2 Å². The molecule has 6 nitrogen and oxygen atoms in total. The second kappa shape index (κ2) is 8.34. The summed E-state index contributed by atoms with van der Waals surface area (Å²) in [7, 11) is 1.60. The Balaban J connectivity index is 1.74. The number of phenolic OH excluding ortho intramolecular Hbond substituents is 2. The number of hydrogen-bond acceptors (Lipinski definition) is 6. The van der Waals surface area contributed by atoms with Crippen LogP contribution in [0.3, 0.4) is 0 Å². The fraction of sp³-hybridized carbons (Fsp3) is 0.0435. The van der Waals surface area contributed by atoms with E-state index >= 15 is 0 Å².